The van der Waals surface area contributed by atoms with E-state index in [2.05, 4.69) is 15.6 Å². The summed E-state index contributed by atoms with van der Waals surface area (Å²) in [6.45, 7) is 9.16. The molecule has 0 unspecified atom stereocenters. The molecule has 0 aliphatic carbocycles. The lowest BCUT2D eigenvalue weighted by molar-refractivity contribution is 0.0782. The Morgan fingerprint density at radius 3 is 2.59 bits per heavy atom. The molecule has 0 aliphatic rings. The van der Waals surface area contributed by atoms with E-state index in [-0.39, 0.29) is 11.9 Å². The van der Waals surface area contributed by atoms with Gasteiger partial charge in [0.15, 0.2) is 5.96 Å². The fraction of sp³-hybridized carbons (Fsp3) is 0.588. The molecule has 4 nitrogen and oxygen atoms in total. The molecular formula is C17H28FN3O. The Labute approximate surface area is 133 Å². The first kappa shape index (κ1) is 18.4. The van der Waals surface area contributed by atoms with Crippen molar-refractivity contribution in [2.45, 2.75) is 39.7 Å². The minimum Gasteiger partial charge on any atom is -0.379 e. The van der Waals surface area contributed by atoms with Crippen molar-refractivity contribution in [3.8, 4) is 0 Å². The minimum atomic E-state index is -0.199. The molecule has 22 heavy (non-hydrogen) atoms. The van der Waals surface area contributed by atoms with Crippen molar-refractivity contribution in [3.05, 3.63) is 35.6 Å². The number of nitrogens with zero attached hydrogens (tertiary/aromatic N) is 1. The van der Waals surface area contributed by atoms with Gasteiger partial charge in [0, 0.05) is 26.2 Å². The van der Waals surface area contributed by atoms with E-state index in [0.717, 1.165) is 50.6 Å². The van der Waals surface area contributed by atoms with Gasteiger partial charge in [0.25, 0.3) is 0 Å². The van der Waals surface area contributed by atoms with Crippen molar-refractivity contribution in [2.75, 3.05) is 26.2 Å². The first-order valence-corrected chi connectivity index (χ1v) is 8.00. The van der Waals surface area contributed by atoms with E-state index in [0.29, 0.717) is 0 Å². The maximum absolute atomic E-state index is 12.8. The number of benzene rings is 1. The molecule has 0 heterocycles. The largest absolute Gasteiger partial charge is 0.379 e. The highest BCUT2D eigenvalue weighted by Crippen LogP contribution is 2.02. The highest BCUT2D eigenvalue weighted by Gasteiger charge is 1.99. The summed E-state index contributed by atoms with van der Waals surface area (Å²) in [7, 11) is 0. The number of hydrogen-bond acceptors (Lipinski definition) is 2. The molecule has 0 bridgehead atoms. The number of ether oxygens (including phenoxy) is 1. The number of rotatable bonds is 9. The Hall–Kier alpha value is -1.62. The zero-order valence-corrected chi connectivity index (χ0v) is 13.9. The molecule has 0 atom stereocenters. The average Bonchev–Trinajstić information content (AvgIpc) is 2.48. The fourth-order valence-electron chi connectivity index (χ4n) is 1.89. The zero-order valence-electron chi connectivity index (χ0n) is 13.9. The average molecular weight is 309 g/mol. The molecule has 0 aliphatic heterocycles. The predicted molar refractivity (Wildman–Crippen MR) is 89.8 cm³/mol. The van der Waals surface area contributed by atoms with E-state index < -0.39 is 0 Å². The van der Waals surface area contributed by atoms with Crippen molar-refractivity contribution in [2.24, 2.45) is 4.99 Å². The van der Waals surface area contributed by atoms with Gasteiger partial charge < -0.3 is 15.4 Å². The van der Waals surface area contributed by atoms with Gasteiger partial charge >= 0.3 is 0 Å². The van der Waals surface area contributed by atoms with Crippen LogP contribution in [-0.2, 0) is 11.2 Å². The molecule has 1 aromatic rings. The first-order valence-electron chi connectivity index (χ1n) is 8.00. The summed E-state index contributed by atoms with van der Waals surface area (Å²) in [5.41, 5.74) is 1.11. The van der Waals surface area contributed by atoms with E-state index in [1.165, 1.54) is 12.1 Å². The molecule has 5 heteroatoms. The Morgan fingerprint density at radius 2 is 1.95 bits per heavy atom. The van der Waals surface area contributed by atoms with Crippen LogP contribution >= 0.6 is 0 Å². The van der Waals surface area contributed by atoms with E-state index in [9.17, 15) is 4.39 Å². The van der Waals surface area contributed by atoms with Crippen LogP contribution < -0.4 is 10.6 Å². The summed E-state index contributed by atoms with van der Waals surface area (Å²) < 4.78 is 18.3. The van der Waals surface area contributed by atoms with Crippen molar-refractivity contribution < 1.29 is 9.13 Å². The monoisotopic (exact) mass is 309 g/mol. The molecule has 0 spiro atoms. The SMILES string of the molecule is CCNC(=NCCCOC(C)C)NCCc1ccc(F)cc1. The normalized spacial score (nSPS) is 11.8. The molecule has 2 N–H and O–H groups in total. The van der Waals surface area contributed by atoms with Gasteiger partial charge in [0.05, 0.1) is 6.10 Å². The highest BCUT2D eigenvalue weighted by molar-refractivity contribution is 5.79. The van der Waals surface area contributed by atoms with Crippen molar-refractivity contribution >= 4 is 5.96 Å². The van der Waals surface area contributed by atoms with Crippen LogP contribution in [0.1, 0.15) is 32.8 Å². The number of aliphatic imine (C=N–C) groups is 1. The second kappa shape index (κ2) is 11.0. The van der Waals surface area contributed by atoms with Crippen molar-refractivity contribution in [1.29, 1.82) is 0 Å². The lowest BCUT2D eigenvalue weighted by Crippen LogP contribution is -2.38. The summed E-state index contributed by atoms with van der Waals surface area (Å²) >= 11 is 0. The standard InChI is InChI=1S/C17H28FN3O/c1-4-19-17(20-11-5-13-22-14(2)3)21-12-10-15-6-8-16(18)9-7-15/h6-9,14H,4-5,10-13H2,1-3H3,(H2,19,20,21). The lowest BCUT2D eigenvalue weighted by Gasteiger charge is -2.11. The van der Waals surface area contributed by atoms with Crippen molar-refractivity contribution in [1.82, 2.24) is 10.6 Å². The molecule has 1 rings (SSSR count). The summed E-state index contributed by atoms with van der Waals surface area (Å²) in [5.74, 6) is 0.615. The topological polar surface area (TPSA) is 45.7 Å². The van der Waals surface area contributed by atoms with E-state index in [1.807, 2.05) is 32.9 Å². The van der Waals surface area contributed by atoms with Gasteiger partial charge in [-0.05, 0) is 51.3 Å². The van der Waals surface area contributed by atoms with E-state index >= 15 is 0 Å². The van der Waals surface area contributed by atoms with Crippen LogP contribution in [0.3, 0.4) is 0 Å². The van der Waals surface area contributed by atoms with Crippen LogP contribution in [0.25, 0.3) is 0 Å². The lowest BCUT2D eigenvalue weighted by atomic mass is 10.1. The van der Waals surface area contributed by atoms with Crippen LogP contribution in [0.15, 0.2) is 29.3 Å². The third-order valence-electron chi connectivity index (χ3n) is 2.99. The minimum absolute atomic E-state index is 0.199. The highest BCUT2D eigenvalue weighted by atomic mass is 19.1. The van der Waals surface area contributed by atoms with Crippen LogP contribution in [0.2, 0.25) is 0 Å². The third kappa shape index (κ3) is 8.62. The Morgan fingerprint density at radius 1 is 1.23 bits per heavy atom. The summed E-state index contributed by atoms with van der Waals surface area (Å²) in [6, 6.07) is 6.60. The number of guanidine groups is 1. The van der Waals surface area contributed by atoms with Crippen LogP contribution in [0.5, 0.6) is 0 Å². The number of nitrogens with one attached hydrogen (secondary N) is 2. The molecule has 124 valence electrons. The molecule has 0 radical (unpaired) electrons. The first-order chi connectivity index (χ1) is 10.6. The molecule has 0 aromatic heterocycles. The smallest absolute Gasteiger partial charge is 0.191 e. The molecule has 0 saturated carbocycles. The molecule has 0 fully saturated rings. The van der Waals surface area contributed by atoms with Crippen LogP contribution in [0.4, 0.5) is 4.39 Å². The maximum Gasteiger partial charge on any atom is 0.191 e. The fourth-order valence-corrected chi connectivity index (χ4v) is 1.89. The molecular weight excluding hydrogens is 281 g/mol. The number of halogens is 1. The van der Waals surface area contributed by atoms with Gasteiger partial charge in [-0.15, -0.1) is 0 Å². The Balaban J connectivity index is 2.28. The molecule has 0 amide bonds. The van der Waals surface area contributed by atoms with E-state index in [4.69, 9.17) is 4.74 Å². The third-order valence-corrected chi connectivity index (χ3v) is 2.99. The second-order valence-electron chi connectivity index (χ2n) is 5.34. The van der Waals surface area contributed by atoms with Gasteiger partial charge in [-0.25, -0.2) is 4.39 Å². The molecule has 1 aromatic carbocycles. The van der Waals surface area contributed by atoms with Gasteiger partial charge in [-0.2, -0.15) is 0 Å². The zero-order chi connectivity index (χ0) is 16.2. The maximum atomic E-state index is 12.8. The van der Waals surface area contributed by atoms with Crippen LogP contribution in [-0.4, -0.2) is 38.3 Å². The molecule has 0 saturated heterocycles. The second-order valence-corrected chi connectivity index (χ2v) is 5.34. The van der Waals surface area contributed by atoms with Gasteiger partial charge in [-0.3, -0.25) is 4.99 Å². The summed E-state index contributed by atoms with van der Waals surface area (Å²) in [5, 5.41) is 6.50. The van der Waals surface area contributed by atoms with Gasteiger partial charge in [-0.1, -0.05) is 12.1 Å². The summed E-state index contributed by atoms with van der Waals surface area (Å²) in [4.78, 5) is 4.51. The van der Waals surface area contributed by atoms with Gasteiger partial charge in [0.2, 0.25) is 0 Å². The Bertz CT molecular complexity index is 432. The summed E-state index contributed by atoms with van der Waals surface area (Å²) in [6.07, 6.45) is 2.01. The predicted octanol–water partition coefficient (Wildman–Crippen LogP) is 2.74. The quantitative estimate of drug-likeness (QED) is 0.419. The van der Waals surface area contributed by atoms with Crippen LogP contribution in [0, 0.1) is 5.82 Å². The van der Waals surface area contributed by atoms with E-state index in [1.54, 1.807) is 0 Å². The van der Waals surface area contributed by atoms with Gasteiger partial charge in [0.1, 0.15) is 5.82 Å². The number of hydrogen-bond donors (Lipinski definition) is 2. The van der Waals surface area contributed by atoms with Crippen molar-refractivity contribution in [3.63, 3.8) is 0 Å². The Kier molecular flexibility index (Phi) is 9.23.